The van der Waals surface area contributed by atoms with Gasteiger partial charge in [-0.1, -0.05) is 25.5 Å². The third kappa shape index (κ3) is 4.19. The number of carbonyl (C=O) groups excluding carboxylic acids is 3. The summed E-state index contributed by atoms with van der Waals surface area (Å²) in [6.07, 6.45) is 5.89. The summed E-state index contributed by atoms with van der Waals surface area (Å²) in [5.41, 5.74) is 1.26. The monoisotopic (exact) mass is 357 g/mol. The third-order valence-electron chi connectivity index (χ3n) is 4.73. The molecule has 0 aromatic heterocycles. The van der Waals surface area contributed by atoms with Crippen LogP contribution in [0.2, 0.25) is 0 Å². The normalized spacial score (nSPS) is 21.8. The van der Waals surface area contributed by atoms with Gasteiger partial charge in [-0.15, -0.1) is 0 Å². The molecule has 0 saturated carbocycles. The first-order valence-electron chi connectivity index (χ1n) is 9.00. The molecule has 2 amide bonds. The number of anilines is 1. The largest absolute Gasteiger partial charge is 0.465 e. The first-order valence-corrected chi connectivity index (χ1v) is 9.00. The molecule has 6 nitrogen and oxygen atoms in total. The second-order valence-electron chi connectivity index (χ2n) is 6.62. The molecule has 0 N–H and O–H groups in total. The highest BCUT2D eigenvalue weighted by atomic mass is 16.5. The van der Waals surface area contributed by atoms with Gasteiger partial charge >= 0.3 is 5.97 Å². The van der Waals surface area contributed by atoms with Crippen molar-refractivity contribution in [1.29, 1.82) is 0 Å². The summed E-state index contributed by atoms with van der Waals surface area (Å²) in [4.78, 5) is 36.3. The zero-order valence-corrected chi connectivity index (χ0v) is 14.8. The maximum Gasteiger partial charge on any atom is 0.310 e. The van der Waals surface area contributed by atoms with Crippen LogP contribution in [0.15, 0.2) is 36.4 Å². The highest BCUT2D eigenvalue weighted by Gasteiger charge is 2.31. The van der Waals surface area contributed by atoms with Gasteiger partial charge in [-0.25, -0.2) is 4.90 Å². The maximum absolute atomic E-state index is 12.0. The summed E-state index contributed by atoms with van der Waals surface area (Å²) in [6, 6.07) is 6.76. The zero-order chi connectivity index (χ0) is 18.5. The van der Waals surface area contributed by atoms with E-state index in [1.165, 1.54) is 12.2 Å². The molecule has 2 aliphatic rings. The number of ether oxygens (including phenoxy) is 2. The molecular weight excluding hydrogens is 334 g/mol. The van der Waals surface area contributed by atoms with Crippen molar-refractivity contribution < 1.29 is 23.9 Å². The molecule has 26 heavy (non-hydrogen) atoms. The number of carbonyl (C=O) groups is 3. The Labute approximate surface area is 152 Å². The predicted molar refractivity (Wildman–Crippen MR) is 95.5 cm³/mol. The number of amides is 2. The fourth-order valence-electron chi connectivity index (χ4n) is 3.25. The minimum absolute atomic E-state index is 0.157. The van der Waals surface area contributed by atoms with Crippen molar-refractivity contribution in [2.24, 2.45) is 5.92 Å². The minimum Gasteiger partial charge on any atom is -0.465 e. The molecule has 1 aromatic rings. The van der Waals surface area contributed by atoms with Crippen LogP contribution in [-0.2, 0) is 30.3 Å². The zero-order valence-electron chi connectivity index (χ0n) is 14.8. The summed E-state index contributed by atoms with van der Waals surface area (Å²) < 4.78 is 10.8. The van der Waals surface area contributed by atoms with Crippen LogP contribution >= 0.6 is 0 Å². The van der Waals surface area contributed by atoms with E-state index in [1.807, 2.05) is 0 Å². The van der Waals surface area contributed by atoms with Gasteiger partial charge in [0.25, 0.3) is 11.8 Å². The second-order valence-corrected chi connectivity index (χ2v) is 6.62. The van der Waals surface area contributed by atoms with E-state index < -0.39 is 0 Å². The topological polar surface area (TPSA) is 72.9 Å². The first kappa shape index (κ1) is 18.3. The van der Waals surface area contributed by atoms with Crippen LogP contribution in [0, 0.1) is 5.92 Å². The second kappa shape index (κ2) is 8.27. The number of imide groups is 1. The SMILES string of the molecule is CCCC1COC1CCOC(=O)Cc1ccc(N2C(=O)C=CC2=O)cc1. The minimum atomic E-state index is -0.359. The van der Waals surface area contributed by atoms with E-state index in [-0.39, 0.29) is 30.3 Å². The van der Waals surface area contributed by atoms with Gasteiger partial charge in [0.1, 0.15) is 0 Å². The van der Waals surface area contributed by atoms with E-state index in [4.69, 9.17) is 9.47 Å². The predicted octanol–water partition coefficient (Wildman–Crippen LogP) is 2.41. The van der Waals surface area contributed by atoms with Crippen LogP contribution in [0.1, 0.15) is 31.7 Å². The van der Waals surface area contributed by atoms with Gasteiger partial charge in [0.15, 0.2) is 0 Å². The van der Waals surface area contributed by atoms with E-state index in [2.05, 4.69) is 6.92 Å². The molecule has 1 fully saturated rings. The number of hydrogen-bond donors (Lipinski definition) is 0. The lowest BCUT2D eigenvalue weighted by Crippen LogP contribution is -2.40. The van der Waals surface area contributed by atoms with E-state index in [9.17, 15) is 14.4 Å². The van der Waals surface area contributed by atoms with Crippen LogP contribution in [0.5, 0.6) is 0 Å². The standard InChI is InChI=1S/C20H23NO5/c1-2-3-15-13-26-17(15)10-11-25-20(24)12-14-4-6-16(7-5-14)21-18(22)8-9-19(21)23/h4-9,15,17H,2-3,10-13H2,1H3. The lowest BCUT2D eigenvalue weighted by molar-refractivity contribution is -0.150. The number of rotatable bonds is 8. The molecule has 2 heterocycles. The summed E-state index contributed by atoms with van der Waals surface area (Å²) in [6.45, 7) is 3.34. The Hall–Kier alpha value is -2.47. The molecule has 3 rings (SSSR count). The molecule has 0 bridgehead atoms. The highest BCUT2D eigenvalue weighted by molar-refractivity contribution is 6.28. The smallest absolute Gasteiger partial charge is 0.310 e. The Balaban J connectivity index is 1.43. The van der Waals surface area contributed by atoms with Crippen molar-refractivity contribution in [2.75, 3.05) is 18.1 Å². The van der Waals surface area contributed by atoms with E-state index >= 15 is 0 Å². The third-order valence-corrected chi connectivity index (χ3v) is 4.73. The molecule has 1 aromatic carbocycles. The highest BCUT2D eigenvalue weighted by Crippen LogP contribution is 2.27. The quantitative estimate of drug-likeness (QED) is 0.528. The fraction of sp³-hybridized carbons (Fsp3) is 0.450. The van der Waals surface area contributed by atoms with Gasteiger partial charge in [0, 0.05) is 24.5 Å². The molecule has 2 aliphatic heterocycles. The summed E-state index contributed by atoms with van der Waals surface area (Å²) in [5.74, 6) is -0.417. The Morgan fingerprint density at radius 2 is 1.85 bits per heavy atom. The van der Waals surface area contributed by atoms with Gasteiger partial charge in [0.2, 0.25) is 0 Å². The maximum atomic E-state index is 12.0. The van der Waals surface area contributed by atoms with Gasteiger partial charge in [-0.05, 0) is 24.1 Å². The van der Waals surface area contributed by atoms with Crippen LogP contribution < -0.4 is 4.90 Å². The molecule has 0 aliphatic carbocycles. The van der Waals surface area contributed by atoms with Crippen molar-refractivity contribution in [3.8, 4) is 0 Å². The fourth-order valence-corrected chi connectivity index (χ4v) is 3.25. The van der Waals surface area contributed by atoms with Crippen molar-refractivity contribution >= 4 is 23.5 Å². The number of nitrogens with zero attached hydrogens (tertiary/aromatic N) is 1. The van der Waals surface area contributed by atoms with Crippen LogP contribution in [0.4, 0.5) is 5.69 Å². The summed E-state index contributed by atoms with van der Waals surface area (Å²) in [5, 5.41) is 0. The Bertz CT molecular complexity index is 691. The van der Waals surface area contributed by atoms with Crippen LogP contribution in [-0.4, -0.2) is 37.1 Å². The Morgan fingerprint density at radius 1 is 1.15 bits per heavy atom. The molecule has 2 atom stereocenters. The lowest BCUT2D eigenvalue weighted by atomic mass is 9.91. The van der Waals surface area contributed by atoms with Crippen molar-refractivity contribution in [2.45, 2.75) is 38.7 Å². The van der Waals surface area contributed by atoms with Crippen molar-refractivity contribution in [1.82, 2.24) is 0 Å². The molecule has 138 valence electrons. The molecule has 2 unspecified atom stereocenters. The number of benzene rings is 1. The summed E-state index contributed by atoms with van der Waals surface area (Å²) >= 11 is 0. The summed E-state index contributed by atoms with van der Waals surface area (Å²) in [7, 11) is 0. The van der Waals surface area contributed by atoms with Crippen LogP contribution in [0.25, 0.3) is 0 Å². The average Bonchev–Trinajstić information content (AvgIpc) is 2.95. The molecule has 0 spiro atoms. The van der Waals surface area contributed by atoms with Crippen molar-refractivity contribution in [3.63, 3.8) is 0 Å². The van der Waals surface area contributed by atoms with Gasteiger partial charge in [-0.3, -0.25) is 14.4 Å². The lowest BCUT2D eigenvalue weighted by Gasteiger charge is -2.36. The number of hydrogen-bond acceptors (Lipinski definition) is 5. The Morgan fingerprint density at radius 3 is 2.42 bits per heavy atom. The van der Waals surface area contributed by atoms with Gasteiger partial charge < -0.3 is 9.47 Å². The van der Waals surface area contributed by atoms with Crippen molar-refractivity contribution in [3.05, 3.63) is 42.0 Å². The number of esters is 1. The van der Waals surface area contributed by atoms with E-state index in [0.717, 1.165) is 36.3 Å². The first-order chi connectivity index (χ1) is 12.6. The van der Waals surface area contributed by atoms with Gasteiger partial charge in [-0.2, -0.15) is 0 Å². The van der Waals surface area contributed by atoms with E-state index in [0.29, 0.717) is 18.2 Å². The van der Waals surface area contributed by atoms with Crippen LogP contribution in [0.3, 0.4) is 0 Å². The Kier molecular flexibility index (Phi) is 5.83. The average molecular weight is 357 g/mol. The van der Waals surface area contributed by atoms with E-state index in [1.54, 1.807) is 24.3 Å². The molecule has 1 saturated heterocycles. The molecule has 0 radical (unpaired) electrons. The molecule has 6 heteroatoms. The van der Waals surface area contributed by atoms with Gasteiger partial charge in [0.05, 0.1) is 31.4 Å². The molecular formula is C20H23NO5.